The largest absolute Gasteiger partial charge is 0.491 e. The van der Waals surface area contributed by atoms with Crippen molar-refractivity contribution in [2.24, 2.45) is 11.8 Å². The SMILES string of the molecule is COC(=O)[C@@H](NC(=O)N1C(=O)[C@@]2(c3cc(C#CCCO)ccc31)[C@H](C(=O)N1CCN(Cc3ccc4c(c3)OCO4)CC1)[C@H]1C(=O)O[C@H](c3ccccc3)[C@H](c3ccccc3)N1[C@@H]2c1cccc(OCCO)c1)C(C)C. The number of imide groups is 1. The van der Waals surface area contributed by atoms with E-state index in [0.29, 0.717) is 53.6 Å². The molecule has 5 aliphatic rings. The zero-order valence-electron chi connectivity index (χ0n) is 41.9. The number of rotatable bonds is 13. The van der Waals surface area contributed by atoms with Crippen LogP contribution in [0.4, 0.5) is 10.5 Å². The number of ether oxygens (including phenoxy) is 5. The van der Waals surface area contributed by atoms with E-state index in [1.54, 1.807) is 55.1 Å². The fourth-order valence-corrected chi connectivity index (χ4v) is 11.6. The number of carbonyl (C=O) groups excluding carboxylic acids is 5. The Morgan fingerprint density at radius 1 is 0.800 bits per heavy atom. The molecule has 1 spiro atoms. The third-order valence-corrected chi connectivity index (χ3v) is 14.9. The molecule has 0 saturated carbocycles. The Labute approximate surface area is 434 Å². The predicted molar refractivity (Wildman–Crippen MR) is 273 cm³/mol. The van der Waals surface area contributed by atoms with Crippen LogP contribution in [-0.2, 0) is 40.6 Å². The summed E-state index contributed by atoms with van der Waals surface area (Å²) in [6.07, 6.45) is -0.816. The summed E-state index contributed by atoms with van der Waals surface area (Å²) >= 11 is 0. The van der Waals surface area contributed by atoms with E-state index in [1.807, 2.05) is 89.8 Å². The second-order valence-electron chi connectivity index (χ2n) is 19.5. The van der Waals surface area contributed by atoms with E-state index in [9.17, 15) is 15.0 Å². The highest BCUT2D eigenvalue weighted by molar-refractivity contribution is 6.25. The molecule has 5 aromatic rings. The molecule has 17 nitrogen and oxygen atoms in total. The first-order valence-electron chi connectivity index (χ1n) is 25.3. The van der Waals surface area contributed by atoms with Gasteiger partial charge in [-0.2, -0.15) is 0 Å². The summed E-state index contributed by atoms with van der Waals surface area (Å²) in [6.45, 7) is 5.00. The van der Waals surface area contributed by atoms with Gasteiger partial charge >= 0.3 is 18.0 Å². The second kappa shape index (κ2) is 21.6. The minimum atomic E-state index is -2.11. The number of piperazine rings is 1. The van der Waals surface area contributed by atoms with Crippen LogP contribution >= 0.6 is 0 Å². The number of methoxy groups -OCH3 is 1. The standard InChI is InChI=1S/C58H59N5O12/c1-36(2)48(54(67)71-3)59-57(70)62-44-22-20-37(13-10-11-28-64)31-43(44)58(56(62)69)47(53(66)61-26-24-60(25-27-61)34-38-21-23-45-46(32-38)74-35-73-45)50-55(68)75-51(40-16-8-5-9-17-40)49(39-14-6-4-7-15-39)63(50)52(58)41-18-12-19-42(33-41)72-30-29-65/h4-9,12,14-23,31-33,36,47-52,64-65H,11,24-30,34-35H2,1-3H3,(H,59,70)/t47-,48-,49-,50-,51+,52+,58-/m0/s1. The number of urea groups is 1. The molecular formula is C58H59N5O12. The lowest BCUT2D eigenvalue weighted by atomic mass is 9.64. The van der Waals surface area contributed by atoms with Crippen LogP contribution < -0.4 is 24.4 Å². The fraction of sp³-hybridized carbons (Fsp3) is 0.362. The highest BCUT2D eigenvalue weighted by Gasteiger charge is 2.76. The molecule has 5 heterocycles. The smallest absolute Gasteiger partial charge is 0.329 e. The molecule has 388 valence electrons. The van der Waals surface area contributed by atoms with E-state index in [0.717, 1.165) is 16.0 Å². The van der Waals surface area contributed by atoms with Crippen molar-refractivity contribution in [2.75, 3.05) is 64.8 Å². The maximum absolute atomic E-state index is 16.8. The Kier molecular flexibility index (Phi) is 14.6. The molecule has 0 radical (unpaired) electrons. The monoisotopic (exact) mass is 1020 g/mol. The van der Waals surface area contributed by atoms with Crippen LogP contribution in [0.5, 0.6) is 17.2 Å². The van der Waals surface area contributed by atoms with Gasteiger partial charge in [0, 0.05) is 44.7 Å². The average molecular weight is 1020 g/mol. The van der Waals surface area contributed by atoms with E-state index >= 15 is 19.2 Å². The molecule has 0 unspecified atom stereocenters. The highest BCUT2D eigenvalue weighted by Crippen LogP contribution is 2.66. The summed E-state index contributed by atoms with van der Waals surface area (Å²) in [5.41, 5.74) is 1.53. The Hall–Kier alpha value is -7.75. The van der Waals surface area contributed by atoms with Crippen LogP contribution in [-0.4, -0.2) is 127 Å². The minimum Gasteiger partial charge on any atom is -0.491 e. The Balaban J connectivity index is 1.20. The summed E-state index contributed by atoms with van der Waals surface area (Å²) in [5, 5.41) is 22.4. The van der Waals surface area contributed by atoms with E-state index in [4.69, 9.17) is 23.7 Å². The molecule has 75 heavy (non-hydrogen) atoms. The van der Waals surface area contributed by atoms with Crippen LogP contribution in [0.2, 0.25) is 0 Å². The molecule has 0 bridgehead atoms. The number of aliphatic hydroxyl groups excluding tert-OH is 2. The predicted octanol–water partition coefficient (Wildman–Crippen LogP) is 5.44. The summed E-state index contributed by atoms with van der Waals surface area (Å²) in [4.78, 5) is 84.3. The fourth-order valence-electron chi connectivity index (χ4n) is 11.6. The summed E-state index contributed by atoms with van der Waals surface area (Å²) < 4.78 is 29.0. The van der Waals surface area contributed by atoms with Gasteiger partial charge in [0.1, 0.15) is 36.0 Å². The van der Waals surface area contributed by atoms with Crippen molar-refractivity contribution in [2.45, 2.75) is 62.5 Å². The first-order chi connectivity index (χ1) is 36.5. The molecule has 5 aliphatic heterocycles. The number of carbonyl (C=O) groups is 5. The van der Waals surface area contributed by atoms with Gasteiger partial charge in [0.25, 0.3) is 0 Å². The van der Waals surface area contributed by atoms with Crippen molar-refractivity contribution < 1.29 is 57.9 Å². The molecule has 3 saturated heterocycles. The van der Waals surface area contributed by atoms with Gasteiger partial charge in [0.2, 0.25) is 18.6 Å². The lowest BCUT2D eigenvalue weighted by molar-refractivity contribution is -0.179. The maximum Gasteiger partial charge on any atom is 0.329 e. The molecule has 5 aromatic carbocycles. The molecule has 0 aliphatic carbocycles. The molecule has 0 aromatic heterocycles. The van der Waals surface area contributed by atoms with Crippen molar-refractivity contribution in [3.8, 4) is 29.1 Å². The van der Waals surface area contributed by atoms with Crippen molar-refractivity contribution in [3.05, 3.63) is 155 Å². The number of fused-ring (bicyclic) bond motifs is 4. The minimum absolute atomic E-state index is 0.0504. The van der Waals surface area contributed by atoms with Gasteiger partial charge in [-0.25, -0.2) is 14.5 Å². The quantitative estimate of drug-likeness (QED) is 0.0997. The molecule has 3 N–H and O–H groups in total. The van der Waals surface area contributed by atoms with E-state index in [2.05, 4.69) is 22.1 Å². The van der Waals surface area contributed by atoms with Crippen LogP contribution in [0.15, 0.2) is 121 Å². The molecule has 17 heteroatoms. The third-order valence-electron chi connectivity index (χ3n) is 14.9. The second-order valence-corrected chi connectivity index (χ2v) is 19.5. The number of hydrogen-bond acceptors (Lipinski definition) is 14. The van der Waals surface area contributed by atoms with Gasteiger partial charge in [-0.3, -0.25) is 24.2 Å². The van der Waals surface area contributed by atoms with Gasteiger partial charge in [0.15, 0.2) is 11.5 Å². The zero-order chi connectivity index (χ0) is 52.4. The Morgan fingerprint density at radius 2 is 1.52 bits per heavy atom. The summed E-state index contributed by atoms with van der Waals surface area (Å²) in [7, 11) is 1.21. The van der Waals surface area contributed by atoms with E-state index in [1.165, 1.54) is 7.11 Å². The van der Waals surface area contributed by atoms with Crippen molar-refractivity contribution in [1.29, 1.82) is 0 Å². The number of nitrogens with one attached hydrogen (secondary N) is 1. The maximum atomic E-state index is 16.8. The Bertz CT molecular complexity index is 3030. The number of anilines is 1. The van der Waals surface area contributed by atoms with E-state index < -0.39 is 77.3 Å². The number of hydrogen-bond donors (Lipinski definition) is 3. The zero-order valence-corrected chi connectivity index (χ0v) is 41.9. The number of morpholine rings is 1. The first-order valence-corrected chi connectivity index (χ1v) is 25.3. The highest BCUT2D eigenvalue weighted by atomic mass is 16.7. The lowest BCUT2D eigenvalue weighted by Crippen LogP contribution is -2.59. The number of amides is 4. The van der Waals surface area contributed by atoms with Crippen LogP contribution in [0.3, 0.4) is 0 Å². The molecule has 10 rings (SSSR count). The van der Waals surface area contributed by atoms with Gasteiger partial charge in [-0.1, -0.05) is 105 Å². The molecule has 3 fully saturated rings. The number of nitrogens with zero attached hydrogens (tertiary/aromatic N) is 4. The van der Waals surface area contributed by atoms with E-state index in [-0.39, 0.29) is 57.4 Å². The van der Waals surface area contributed by atoms with Gasteiger partial charge in [0.05, 0.1) is 44.0 Å². The molecule has 7 atom stereocenters. The van der Waals surface area contributed by atoms with Crippen molar-refractivity contribution in [3.63, 3.8) is 0 Å². The average Bonchev–Trinajstić information content (AvgIpc) is 4.20. The third kappa shape index (κ3) is 9.33. The number of aliphatic hydroxyl groups is 2. The van der Waals surface area contributed by atoms with Crippen LogP contribution in [0.1, 0.15) is 71.8 Å². The van der Waals surface area contributed by atoms with Crippen molar-refractivity contribution in [1.82, 2.24) is 20.0 Å². The molecular weight excluding hydrogens is 959 g/mol. The van der Waals surface area contributed by atoms with Crippen LogP contribution in [0.25, 0.3) is 0 Å². The normalized spacial score (nSPS) is 23.3. The van der Waals surface area contributed by atoms with Gasteiger partial charge in [-0.05, 0) is 76.2 Å². The molecule has 4 amide bonds. The Morgan fingerprint density at radius 3 is 2.23 bits per heavy atom. The number of cyclic esters (lactones) is 1. The number of benzene rings is 5. The van der Waals surface area contributed by atoms with Crippen molar-refractivity contribution >= 4 is 35.5 Å². The van der Waals surface area contributed by atoms with Crippen LogP contribution in [0, 0.1) is 23.7 Å². The topological polar surface area (TPSA) is 197 Å². The van der Waals surface area contributed by atoms with Gasteiger partial charge in [-0.15, -0.1) is 0 Å². The lowest BCUT2D eigenvalue weighted by Gasteiger charge is -2.46. The summed E-state index contributed by atoms with van der Waals surface area (Å²) in [5.74, 6) is 2.96. The summed E-state index contributed by atoms with van der Waals surface area (Å²) in [6, 6.07) is 30.9. The van der Waals surface area contributed by atoms with Gasteiger partial charge < -0.3 is 44.1 Å². The first kappa shape index (κ1) is 50.8. The number of esters is 2.